The van der Waals surface area contributed by atoms with E-state index in [1.807, 2.05) is 53.7 Å². The predicted octanol–water partition coefficient (Wildman–Crippen LogP) is 4.97. The average molecular weight is 793 g/mol. The summed E-state index contributed by atoms with van der Waals surface area (Å²) in [6, 6.07) is 9.60. The van der Waals surface area contributed by atoms with E-state index >= 15 is 0 Å². The van der Waals surface area contributed by atoms with Crippen LogP contribution in [0.5, 0.6) is 11.5 Å². The number of carbonyl (C=O) groups excluding carboxylic acids is 4. The fraction of sp³-hybridized carbons (Fsp3) is 0.350. The molecule has 304 valence electrons. The van der Waals surface area contributed by atoms with Crippen LogP contribution in [-0.2, 0) is 26.2 Å². The first-order valence-electron chi connectivity index (χ1n) is 19.0. The smallest absolute Gasteiger partial charge is 0.276 e. The third kappa shape index (κ3) is 8.40. The maximum atomic E-state index is 13.7. The largest absolute Gasteiger partial charge is 0.489 e. The molecule has 0 unspecified atom stereocenters. The highest BCUT2D eigenvalue weighted by Crippen LogP contribution is 2.34. The number of nitrogens with zero attached hydrogens (tertiary/aromatic N) is 8. The molecule has 0 aliphatic rings. The van der Waals surface area contributed by atoms with Crippen molar-refractivity contribution >= 4 is 57.6 Å². The van der Waals surface area contributed by atoms with Gasteiger partial charge in [-0.2, -0.15) is 10.2 Å². The first-order valence-corrected chi connectivity index (χ1v) is 19.0. The number of allylic oxidation sites excluding steroid dienone is 2. The number of hydrogen-bond donors (Lipinski definition) is 4. The van der Waals surface area contributed by atoms with E-state index in [-0.39, 0.29) is 48.3 Å². The molecule has 0 saturated carbocycles. The van der Waals surface area contributed by atoms with Gasteiger partial charge in [-0.05, 0) is 91.8 Å². The summed E-state index contributed by atoms with van der Waals surface area (Å²) in [5.74, 6) is -1.09. The Hall–Kier alpha value is -6.98. The summed E-state index contributed by atoms with van der Waals surface area (Å²) in [4.78, 5) is 61.5. The second-order valence-electron chi connectivity index (χ2n) is 14.2. The maximum absolute atomic E-state index is 13.7. The molecule has 18 heteroatoms. The van der Waals surface area contributed by atoms with Crippen LogP contribution in [0, 0.1) is 13.8 Å². The van der Waals surface area contributed by atoms with Crippen molar-refractivity contribution in [2.45, 2.75) is 93.8 Å². The van der Waals surface area contributed by atoms with Gasteiger partial charge in [0.25, 0.3) is 11.8 Å². The number of fused-ring (bicyclic) bond motifs is 2. The fourth-order valence-electron chi connectivity index (χ4n) is 6.61. The van der Waals surface area contributed by atoms with Crippen molar-refractivity contribution in [1.29, 1.82) is 0 Å². The second kappa shape index (κ2) is 16.6. The Morgan fingerprint density at radius 2 is 1.03 bits per heavy atom. The van der Waals surface area contributed by atoms with Crippen LogP contribution in [0.2, 0.25) is 0 Å². The zero-order valence-electron chi connectivity index (χ0n) is 33.8. The number of primary amides is 2. The number of amides is 4. The van der Waals surface area contributed by atoms with E-state index in [1.54, 1.807) is 68.7 Å². The highest BCUT2D eigenvalue weighted by Gasteiger charge is 2.24. The lowest BCUT2D eigenvalue weighted by molar-refractivity contribution is 0.0991. The van der Waals surface area contributed by atoms with Crippen LogP contribution in [0.1, 0.15) is 94.6 Å². The van der Waals surface area contributed by atoms with Gasteiger partial charge in [-0.15, -0.1) is 0 Å². The van der Waals surface area contributed by atoms with Gasteiger partial charge in [0.2, 0.25) is 23.7 Å². The van der Waals surface area contributed by atoms with Crippen molar-refractivity contribution in [3.05, 3.63) is 82.5 Å². The van der Waals surface area contributed by atoms with Gasteiger partial charge in [-0.1, -0.05) is 12.2 Å². The number of anilines is 2. The molecule has 6 rings (SSSR count). The molecule has 0 radical (unpaired) electrons. The van der Waals surface area contributed by atoms with Crippen molar-refractivity contribution in [2.24, 2.45) is 11.5 Å². The lowest BCUT2D eigenvalue weighted by Gasteiger charge is -2.15. The van der Waals surface area contributed by atoms with Gasteiger partial charge < -0.3 is 30.1 Å². The Labute approximate surface area is 334 Å². The van der Waals surface area contributed by atoms with Crippen LogP contribution in [-0.4, -0.2) is 74.5 Å². The van der Waals surface area contributed by atoms with E-state index in [0.717, 1.165) is 0 Å². The van der Waals surface area contributed by atoms with E-state index < -0.39 is 23.6 Å². The molecule has 0 bridgehead atoms. The van der Waals surface area contributed by atoms with Gasteiger partial charge in [0.15, 0.2) is 0 Å². The molecule has 4 aromatic heterocycles. The van der Waals surface area contributed by atoms with Gasteiger partial charge >= 0.3 is 0 Å². The maximum Gasteiger partial charge on any atom is 0.276 e. The minimum atomic E-state index is -0.661. The van der Waals surface area contributed by atoms with Crippen LogP contribution in [0.4, 0.5) is 11.9 Å². The molecule has 6 N–H and O–H groups in total. The van der Waals surface area contributed by atoms with E-state index in [1.165, 1.54) is 0 Å². The second-order valence-corrected chi connectivity index (χ2v) is 14.2. The van der Waals surface area contributed by atoms with E-state index in [0.29, 0.717) is 69.4 Å². The summed E-state index contributed by atoms with van der Waals surface area (Å²) in [5.41, 5.74) is 15.6. The van der Waals surface area contributed by atoms with Gasteiger partial charge in [0.05, 0.1) is 34.6 Å². The Balaban J connectivity index is 1.44. The van der Waals surface area contributed by atoms with E-state index in [4.69, 9.17) is 30.9 Å². The monoisotopic (exact) mass is 792 g/mol. The summed E-state index contributed by atoms with van der Waals surface area (Å²) in [7, 11) is 0. The Bertz CT molecular complexity index is 2410. The Morgan fingerprint density at radius 3 is 1.36 bits per heavy atom. The number of benzene rings is 2. The van der Waals surface area contributed by atoms with Crippen molar-refractivity contribution in [2.75, 3.05) is 10.6 Å². The highest BCUT2D eigenvalue weighted by molar-refractivity contribution is 6.05. The van der Waals surface area contributed by atoms with E-state index in [9.17, 15) is 19.2 Å². The standard InChI is InChI=1S/C40H48N12O6/c1-9-51-29(15-23(7)47-51)37(55)45-39-43-27-17-25(35(41)53)19-31(57-21(3)4)33(27)49(39)13-11-12-14-50-34-28(18-26(36(42)54)20-32(34)58-22(5)6)44-40(50)46-38(56)30-16-24(8)48-52(30)10-2/h11-12,15-22H,9-10,13-14H2,1-8H3,(H2,41,53)(H2,42,54)(H,43,45,55)(H,44,46,56)/b12-11+. The number of aromatic nitrogens is 8. The number of ether oxygens (including phenoxy) is 2. The van der Waals surface area contributed by atoms with Crippen molar-refractivity contribution in [3.63, 3.8) is 0 Å². The fourth-order valence-corrected chi connectivity index (χ4v) is 6.61. The average Bonchev–Trinajstić information content (AvgIpc) is 3.91. The minimum absolute atomic E-state index is 0.174. The molecule has 0 atom stereocenters. The van der Waals surface area contributed by atoms with E-state index in [2.05, 4.69) is 20.8 Å². The van der Waals surface area contributed by atoms with Crippen molar-refractivity contribution < 1.29 is 28.7 Å². The number of imidazole rings is 2. The lowest BCUT2D eigenvalue weighted by atomic mass is 10.1. The Morgan fingerprint density at radius 1 is 0.655 bits per heavy atom. The molecule has 4 heterocycles. The lowest BCUT2D eigenvalue weighted by Crippen LogP contribution is -2.20. The molecule has 0 spiro atoms. The molecule has 0 fully saturated rings. The van der Waals surface area contributed by atoms with Crippen LogP contribution in [0.15, 0.2) is 48.6 Å². The normalized spacial score (nSPS) is 11.7. The number of aryl methyl sites for hydroxylation is 4. The number of carbonyl (C=O) groups is 4. The third-order valence-electron chi connectivity index (χ3n) is 8.97. The number of rotatable bonds is 16. The molecule has 0 saturated heterocycles. The van der Waals surface area contributed by atoms with Crippen molar-refractivity contribution in [1.82, 2.24) is 38.7 Å². The summed E-state index contributed by atoms with van der Waals surface area (Å²) in [6.07, 6.45) is 3.16. The van der Waals surface area contributed by atoms with Gasteiger partial charge in [-0.3, -0.25) is 39.2 Å². The quantitative estimate of drug-likeness (QED) is 0.0961. The third-order valence-corrected chi connectivity index (χ3v) is 8.97. The number of hydrogen-bond acceptors (Lipinski definition) is 10. The van der Waals surface area contributed by atoms with Crippen molar-refractivity contribution in [3.8, 4) is 11.5 Å². The predicted molar refractivity (Wildman–Crippen MR) is 218 cm³/mol. The van der Waals surface area contributed by atoms with Crippen LogP contribution >= 0.6 is 0 Å². The first kappa shape index (κ1) is 40.7. The first-order chi connectivity index (χ1) is 27.6. The molecule has 0 aliphatic carbocycles. The SMILES string of the molecule is CCn1nc(C)cc1C(=O)Nc1nc2cc(C(N)=O)cc(OC(C)C)c2n1C/C=C/Cn1c(NC(=O)c2cc(C)nn2CC)nc2cc(C(N)=O)cc(OC(C)C)c21. The Kier molecular flexibility index (Phi) is 11.7. The number of nitrogens with two attached hydrogens (primary N) is 2. The summed E-state index contributed by atoms with van der Waals surface area (Å²) < 4.78 is 19.1. The molecule has 2 aromatic carbocycles. The zero-order chi connectivity index (χ0) is 42.0. The number of nitrogens with one attached hydrogen (secondary N) is 2. The molecule has 6 aromatic rings. The minimum Gasteiger partial charge on any atom is -0.489 e. The molecular weight excluding hydrogens is 745 g/mol. The van der Waals surface area contributed by atoms with Crippen LogP contribution in [0.3, 0.4) is 0 Å². The molecule has 18 nitrogen and oxygen atoms in total. The van der Waals surface area contributed by atoms with Crippen LogP contribution in [0.25, 0.3) is 22.1 Å². The molecular formula is C40H48N12O6. The molecule has 58 heavy (non-hydrogen) atoms. The van der Waals surface area contributed by atoms with Crippen LogP contribution < -0.4 is 31.6 Å². The summed E-state index contributed by atoms with van der Waals surface area (Å²) in [5, 5.41) is 14.7. The highest BCUT2D eigenvalue weighted by atomic mass is 16.5. The molecule has 0 aliphatic heterocycles. The summed E-state index contributed by atoms with van der Waals surface area (Å²) in [6.45, 7) is 16.1. The molecule has 4 amide bonds. The van der Waals surface area contributed by atoms with Gasteiger partial charge in [0, 0.05) is 37.3 Å². The summed E-state index contributed by atoms with van der Waals surface area (Å²) >= 11 is 0. The zero-order valence-corrected chi connectivity index (χ0v) is 33.8. The van der Waals surface area contributed by atoms with Gasteiger partial charge in [-0.25, -0.2) is 9.97 Å². The van der Waals surface area contributed by atoms with Gasteiger partial charge in [0.1, 0.15) is 33.9 Å². The topological polar surface area (TPSA) is 234 Å².